The van der Waals surface area contributed by atoms with Crippen LogP contribution < -0.4 is 0 Å². The molecule has 34 heavy (non-hydrogen) atoms. The van der Waals surface area contributed by atoms with Crippen molar-refractivity contribution >= 4 is 8.80 Å². The molecule has 0 fully saturated rings. The Hall–Kier alpha value is -0.813. The highest BCUT2D eigenvalue weighted by atomic mass is 28.4. The first-order valence-electron chi connectivity index (χ1n) is 9.70. The van der Waals surface area contributed by atoms with Gasteiger partial charge >= 0.3 is 44.6 Å². The number of rotatable bonds is 13. The second-order valence-electron chi connectivity index (χ2n) is 8.18. The smallest absolute Gasteiger partial charge is 0.371 e. The fourth-order valence-corrected chi connectivity index (χ4v) is 5.90. The van der Waals surface area contributed by atoms with E-state index >= 15 is 0 Å². The van der Waals surface area contributed by atoms with Crippen LogP contribution in [0.1, 0.15) is 48.0 Å². The van der Waals surface area contributed by atoms with Crippen molar-refractivity contribution in [1.82, 2.24) is 0 Å². The minimum absolute atomic E-state index is 0.852. The summed E-state index contributed by atoms with van der Waals surface area (Å²) in [5.74, 6) is -37.1. The van der Waals surface area contributed by atoms with Crippen LogP contribution in [0.5, 0.6) is 0 Å². The highest BCUT2D eigenvalue weighted by molar-refractivity contribution is 6.60. The largest absolute Gasteiger partial charge is 0.501 e. The molecular formula is C17H25F13O3Si. The third-order valence-corrected chi connectivity index (χ3v) is 7.34. The van der Waals surface area contributed by atoms with E-state index in [2.05, 4.69) is 0 Å². The van der Waals surface area contributed by atoms with Gasteiger partial charge in [-0.25, -0.2) is 0 Å². The number of halogens is 13. The summed E-state index contributed by atoms with van der Waals surface area (Å²) >= 11 is 0. The van der Waals surface area contributed by atoms with E-state index in [1.54, 1.807) is 0 Å². The molecule has 0 aliphatic heterocycles. The van der Waals surface area contributed by atoms with Gasteiger partial charge in [0, 0.05) is 30.8 Å². The third-order valence-electron chi connectivity index (χ3n) is 3.99. The minimum Gasteiger partial charge on any atom is -0.371 e. The van der Waals surface area contributed by atoms with Crippen molar-refractivity contribution in [2.24, 2.45) is 0 Å². The van der Waals surface area contributed by atoms with Gasteiger partial charge in [-0.1, -0.05) is 0 Å². The lowest BCUT2D eigenvalue weighted by molar-refractivity contribution is -0.440. The van der Waals surface area contributed by atoms with Crippen molar-refractivity contribution in [3.63, 3.8) is 0 Å². The molecule has 0 aliphatic rings. The van der Waals surface area contributed by atoms with Gasteiger partial charge in [-0.3, -0.25) is 0 Å². The van der Waals surface area contributed by atoms with Gasteiger partial charge in [0.05, 0.1) is 0 Å². The van der Waals surface area contributed by atoms with E-state index in [0.717, 1.165) is 0 Å². The number of alkyl halides is 13. The molecular weight excluding hydrogens is 527 g/mol. The molecule has 0 saturated heterocycles. The lowest BCUT2D eigenvalue weighted by Gasteiger charge is -2.40. The molecule has 0 amide bonds. The molecule has 0 atom stereocenters. The first kappa shape index (κ1) is 33.2. The summed E-state index contributed by atoms with van der Waals surface area (Å²) in [7, 11) is -4.42. The van der Waals surface area contributed by atoms with Crippen LogP contribution in [0.4, 0.5) is 57.1 Å². The Balaban J connectivity index is 6.32. The first-order chi connectivity index (χ1) is 14.7. The summed E-state index contributed by atoms with van der Waals surface area (Å²) in [5.41, 5.74) is 0. The second-order valence-corrected chi connectivity index (χ2v) is 10.8. The van der Waals surface area contributed by atoms with E-state index in [-0.39, 0.29) is 0 Å². The summed E-state index contributed by atoms with van der Waals surface area (Å²) in [6.07, 6.45) is -12.4. The molecule has 0 N–H and O–H groups in total. The molecule has 0 aromatic heterocycles. The Kier molecular flexibility index (Phi) is 10.0. The fourth-order valence-electron chi connectivity index (χ4n) is 2.61. The van der Waals surface area contributed by atoms with E-state index < -0.39 is 75.4 Å². The summed E-state index contributed by atoms with van der Waals surface area (Å²) in [4.78, 5) is 0. The monoisotopic (exact) mass is 552 g/mol. The maximum Gasteiger partial charge on any atom is 0.501 e. The van der Waals surface area contributed by atoms with Crippen molar-refractivity contribution in [2.75, 3.05) is 0 Å². The van der Waals surface area contributed by atoms with Crippen LogP contribution in [0.3, 0.4) is 0 Å². The van der Waals surface area contributed by atoms with Crippen LogP contribution in [0.2, 0.25) is 6.04 Å². The van der Waals surface area contributed by atoms with Gasteiger partial charge in [0.15, 0.2) is 0 Å². The van der Waals surface area contributed by atoms with Crippen LogP contribution in [0, 0.1) is 0 Å². The molecule has 0 saturated carbocycles. The Labute approximate surface area is 188 Å². The molecule has 3 nitrogen and oxygen atoms in total. The third kappa shape index (κ3) is 6.49. The van der Waals surface area contributed by atoms with Crippen LogP contribution in [-0.4, -0.2) is 62.9 Å². The Bertz CT molecular complexity index is 637. The molecule has 0 heterocycles. The van der Waals surface area contributed by atoms with Gasteiger partial charge in [-0.15, -0.1) is 0 Å². The highest BCUT2D eigenvalue weighted by Gasteiger charge is 2.90. The number of hydrogen-bond donors (Lipinski definition) is 0. The average Bonchev–Trinajstić information content (AvgIpc) is 2.56. The van der Waals surface area contributed by atoms with Gasteiger partial charge in [0.1, 0.15) is 0 Å². The van der Waals surface area contributed by atoms with Crippen molar-refractivity contribution in [3.05, 3.63) is 0 Å². The van der Waals surface area contributed by atoms with Crippen LogP contribution in [0.25, 0.3) is 0 Å². The summed E-state index contributed by atoms with van der Waals surface area (Å²) in [6, 6.07) is -1.39. The molecule has 0 aromatic carbocycles. The summed E-state index contributed by atoms with van der Waals surface area (Å²) in [5, 5.41) is 0. The summed E-state index contributed by atoms with van der Waals surface area (Å²) in [6.45, 7) is 8.06. The first-order valence-corrected chi connectivity index (χ1v) is 11.6. The SMILES string of the molecule is CC(C)O[Si](CCC(F)(F)C(F)(F)C(F)(F)C(F)(F)C(F)(F)C(F)(F)F)(OC(C)C)OC(C)C. The van der Waals surface area contributed by atoms with Crippen LogP contribution >= 0.6 is 0 Å². The molecule has 17 heteroatoms. The van der Waals surface area contributed by atoms with Gasteiger partial charge in [0.25, 0.3) is 0 Å². The van der Waals surface area contributed by atoms with E-state index in [9.17, 15) is 57.1 Å². The number of hydrogen-bond acceptors (Lipinski definition) is 3. The molecule has 0 rings (SSSR count). The molecule has 206 valence electrons. The summed E-state index contributed by atoms with van der Waals surface area (Å²) < 4.78 is 189. The molecule has 0 unspecified atom stereocenters. The van der Waals surface area contributed by atoms with Crippen molar-refractivity contribution in [2.45, 2.75) is 108 Å². The molecule has 0 aromatic rings. The lowest BCUT2D eigenvalue weighted by Crippen LogP contribution is -2.70. The Morgan fingerprint density at radius 1 is 0.500 bits per heavy atom. The normalized spacial score (nSPS) is 15.7. The highest BCUT2D eigenvalue weighted by Crippen LogP contribution is 2.61. The van der Waals surface area contributed by atoms with Crippen molar-refractivity contribution in [3.8, 4) is 0 Å². The second kappa shape index (κ2) is 10.3. The Morgan fingerprint density at radius 3 is 1.06 bits per heavy atom. The maximum absolute atomic E-state index is 14.2. The standard InChI is InChI=1S/C17H25F13O3Si/c1-9(2)31-34(32-10(3)4,33-11(5)6)8-7-12(18,19)13(20,21)14(22,23)15(24,25)16(26,27)17(28,29)30/h9-11H,7-8H2,1-6H3. The predicted octanol–water partition coefficient (Wildman–Crippen LogP) is 7.33. The minimum atomic E-state index is -7.93. The van der Waals surface area contributed by atoms with Crippen molar-refractivity contribution < 1.29 is 70.4 Å². The van der Waals surface area contributed by atoms with Crippen LogP contribution in [0.15, 0.2) is 0 Å². The van der Waals surface area contributed by atoms with Gasteiger partial charge < -0.3 is 13.3 Å². The zero-order valence-corrected chi connectivity index (χ0v) is 19.8. The zero-order chi connectivity index (χ0) is 27.8. The average molecular weight is 552 g/mol. The quantitative estimate of drug-likeness (QED) is 0.177. The topological polar surface area (TPSA) is 27.7 Å². The molecule has 0 bridgehead atoms. The van der Waals surface area contributed by atoms with Crippen LogP contribution in [-0.2, 0) is 13.3 Å². The van der Waals surface area contributed by atoms with Gasteiger partial charge in [-0.05, 0) is 41.5 Å². The van der Waals surface area contributed by atoms with E-state index in [0.29, 0.717) is 0 Å². The van der Waals surface area contributed by atoms with Crippen molar-refractivity contribution in [1.29, 1.82) is 0 Å². The van der Waals surface area contributed by atoms with Gasteiger partial charge in [0.2, 0.25) is 0 Å². The fraction of sp³-hybridized carbons (Fsp3) is 1.00. The van der Waals surface area contributed by atoms with E-state index in [4.69, 9.17) is 13.3 Å². The van der Waals surface area contributed by atoms with E-state index in [1.165, 1.54) is 41.5 Å². The zero-order valence-electron chi connectivity index (χ0n) is 18.8. The van der Waals surface area contributed by atoms with E-state index in [1.807, 2.05) is 0 Å². The van der Waals surface area contributed by atoms with Gasteiger partial charge in [-0.2, -0.15) is 57.1 Å². The predicted molar refractivity (Wildman–Crippen MR) is 94.6 cm³/mol. The maximum atomic E-state index is 14.2. The lowest BCUT2D eigenvalue weighted by atomic mass is 9.93. The molecule has 0 aliphatic carbocycles. The Morgan fingerprint density at radius 2 is 0.794 bits per heavy atom. The molecule has 0 spiro atoms. The molecule has 0 radical (unpaired) electrons.